The van der Waals surface area contributed by atoms with Crippen molar-refractivity contribution in [2.45, 2.75) is 103 Å². The van der Waals surface area contributed by atoms with Crippen LogP contribution in [0.5, 0.6) is 0 Å². The van der Waals surface area contributed by atoms with Gasteiger partial charge >= 0.3 is 5.97 Å². The Morgan fingerprint density at radius 2 is 1.38 bits per heavy atom. The van der Waals surface area contributed by atoms with Gasteiger partial charge in [-0.05, 0) is 12.8 Å². The number of carboxylic acid groups (broad SMARTS) is 1. The van der Waals surface area contributed by atoms with E-state index in [0.29, 0.717) is 6.42 Å². The summed E-state index contributed by atoms with van der Waals surface area (Å²) in [5.41, 5.74) is 0. The van der Waals surface area contributed by atoms with Crippen LogP contribution in [0, 0.1) is 0 Å². The lowest BCUT2D eigenvalue weighted by molar-refractivity contribution is -0.137. The third-order valence-corrected chi connectivity index (χ3v) is 4.13. The van der Waals surface area contributed by atoms with Gasteiger partial charge in [-0.25, -0.2) is 0 Å². The molecule has 1 amide bonds. The summed E-state index contributed by atoms with van der Waals surface area (Å²) in [6.45, 7) is 2.23. The van der Waals surface area contributed by atoms with Crippen LogP contribution in [-0.2, 0) is 14.4 Å². The van der Waals surface area contributed by atoms with Gasteiger partial charge in [-0.3, -0.25) is 14.4 Å². The second-order valence-electron chi connectivity index (χ2n) is 6.46. The molecule has 0 bridgehead atoms. The first-order valence-corrected chi connectivity index (χ1v) is 9.49. The fraction of sp³-hybridized carbons (Fsp3) is 0.842. The van der Waals surface area contributed by atoms with E-state index < -0.39 is 12.0 Å². The molecule has 0 rings (SSSR count). The summed E-state index contributed by atoms with van der Waals surface area (Å²) in [6, 6.07) is -0.804. The lowest BCUT2D eigenvalue weighted by Gasteiger charge is -2.10. The largest absolute Gasteiger partial charge is 0.481 e. The summed E-state index contributed by atoms with van der Waals surface area (Å²) in [5, 5.41) is 11.1. The third kappa shape index (κ3) is 15.5. The number of carbonyl (C=O) groups excluding carboxylic acids is 2. The van der Waals surface area contributed by atoms with E-state index in [4.69, 9.17) is 5.11 Å². The van der Waals surface area contributed by atoms with Crippen molar-refractivity contribution >= 4 is 18.2 Å². The van der Waals surface area contributed by atoms with Gasteiger partial charge in [0.25, 0.3) is 0 Å². The first-order chi connectivity index (χ1) is 11.6. The Morgan fingerprint density at radius 3 is 1.83 bits per heavy atom. The van der Waals surface area contributed by atoms with E-state index >= 15 is 0 Å². The highest BCUT2D eigenvalue weighted by atomic mass is 16.4. The maximum Gasteiger partial charge on any atom is 0.303 e. The van der Waals surface area contributed by atoms with Crippen molar-refractivity contribution in [2.24, 2.45) is 0 Å². The highest BCUT2D eigenvalue weighted by Gasteiger charge is 2.13. The minimum Gasteiger partial charge on any atom is -0.481 e. The van der Waals surface area contributed by atoms with Crippen LogP contribution in [0.4, 0.5) is 0 Å². The van der Waals surface area contributed by atoms with Crippen LogP contribution in [0.1, 0.15) is 96.8 Å². The Kier molecular flexibility index (Phi) is 15.5. The van der Waals surface area contributed by atoms with Gasteiger partial charge in [0.05, 0.1) is 6.04 Å². The average molecular weight is 340 g/mol. The van der Waals surface area contributed by atoms with E-state index in [1.165, 1.54) is 51.4 Å². The van der Waals surface area contributed by atoms with Crippen LogP contribution in [0.25, 0.3) is 0 Å². The summed E-state index contributed by atoms with van der Waals surface area (Å²) < 4.78 is 0. The van der Waals surface area contributed by atoms with E-state index in [1.807, 2.05) is 0 Å². The summed E-state index contributed by atoms with van der Waals surface area (Å²) in [4.78, 5) is 32.8. The van der Waals surface area contributed by atoms with Crippen LogP contribution in [0.15, 0.2) is 0 Å². The maximum atomic E-state index is 11.7. The predicted molar refractivity (Wildman–Crippen MR) is 95.6 cm³/mol. The van der Waals surface area contributed by atoms with Gasteiger partial charge in [0.2, 0.25) is 12.2 Å². The minimum absolute atomic E-state index is 0.100. The normalized spacial score (nSPS) is 11.9. The number of hydrogen-bond acceptors (Lipinski definition) is 3. The topological polar surface area (TPSA) is 83.5 Å². The molecule has 1 unspecified atom stereocenters. The smallest absolute Gasteiger partial charge is 0.303 e. The van der Waals surface area contributed by atoms with E-state index in [0.717, 1.165) is 19.3 Å². The molecule has 0 fully saturated rings. The van der Waals surface area contributed by atoms with Gasteiger partial charge in [0.1, 0.15) is 0 Å². The highest BCUT2D eigenvalue weighted by Crippen LogP contribution is 2.12. The molecule has 0 aromatic rings. The molecule has 0 heterocycles. The Morgan fingerprint density at radius 1 is 0.875 bits per heavy atom. The third-order valence-electron chi connectivity index (χ3n) is 4.13. The molecule has 5 nitrogen and oxygen atoms in total. The van der Waals surface area contributed by atoms with Gasteiger partial charge in [0, 0.05) is 12.8 Å². The molecular weight excluding hydrogens is 306 g/mol. The quantitative estimate of drug-likeness (QED) is 0.390. The molecule has 0 saturated heterocycles. The average Bonchev–Trinajstić information content (AvgIpc) is 2.56. The van der Waals surface area contributed by atoms with Gasteiger partial charge in [0.15, 0.2) is 0 Å². The molecular formula is C19H34NO4. The molecule has 2 N–H and O–H groups in total. The monoisotopic (exact) mass is 340 g/mol. The Balaban J connectivity index is 3.45. The molecule has 0 aromatic carbocycles. The van der Waals surface area contributed by atoms with Crippen LogP contribution < -0.4 is 5.32 Å². The zero-order valence-corrected chi connectivity index (χ0v) is 15.1. The Hall–Kier alpha value is -1.39. The second-order valence-corrected chi connectivity index (χ2v) is 6.46. The molecule has 0 aliphatic rings. The first kappa shape index (κ1) is 22.6. The lowest BCUT2D eigenvalue weighted by atomic mass is 10.1. The SMILES string of the molecule is CCCCCCCCCCCCCC(=O)NC([C]=O)CCC(=O)O. The predicted octanol–water partition coefficient (Wildman–Crippen LogP) is 4.15. The summed E-state index contributed by atoms with van der Waals surface area (Å²) >= 11 is 0. The summed E-state index contributed by atoms with van der Waals surface area (Å²) in [7, 11) is 0. The number of amides is 1. The van der Waals surface area contributed by atoms with Crippen LogP contribution in [0.2, 0.25) is 0 Å². The van der Waals surface area contributed by atoms with Crippen molar-refractivity contribution in [3.63, 3.8) is 0 Å². The number of carboxylic acids is 1. The number of rotatable bonds is 17. The van der Waals surface area contributed by atoms with Crippen LogP contribution in [0.3, 0.4) is 0 Å². The number of hydrogen-bond donors (Lipinski definition) is 2. The zero-order chi connectivity index (χ0) is 18.0. The zero-order valence-electron chi connectivity index (χ0n) is 15.1. The maximum absolute atomic E-state index is 11.7. The highest BCUT2D eigenvalue weighted by molar-refractivity contribution is 5.80. The number of unbranched alkanes of at least 4 members (excludes halogenated alkanes) is 10. The van der Waals surface area contributed by atoms with Crippen molar-refractivity contribution < 1.29 is 19.5 Å². The van der Waals surface area contributed by atoms with Crippen LogP contribution >= 0.6 is 0 Å². The van der Waals surface area contributed by atoms with Crippen molar-refractivity contribution in [3.05, 3.63) is 0 Å². The lowest BCUT2D eigenvalue weighted by Crippen LogP contribution is -2.36. The molecule has 139 valence electrons. The second kappa shape index (κ2) is 16.5. The Labute approximate surface area is 146 Å². The van der Waals surface area contributed by atoms with E-state index in [-0.39, 0.29) is 18.7 Å². The van der Waals surface area contributed by atoms with Crippen molar-refractivity contribution in [1.82, 2.24) is 5.32 Å². The van der Waals surface area contributed by atoms with E-state index in [9.17, 15) is 14.4 Å². The van der Waals surface area contributed by atoms with Gasteiger partial charge in [-0.1, -0.05) is 71.1 Å². The molecule has 1 atom stereocenters. The summed E-state index contributed by atoms with van der Waals surface area (Å²) in [6.07, 6.45) is 15.5. The van der Waals surface area contributed by atoms with E-state index in [2.05, 4.69) is 12.2 Å². The van der Waals surface area contributed by atoms with Crippen LogP contribution in [-0.4, -0.2) is 29.3 Å². The summed E-state index contributed by atoms with van der Waals surface area (Å²) in [5.74, 6) is -1.17. The van der Waals surface area contributed by atoms with Gasteiger partial charge < -0.3 is 10.4 Å². The Bertz CT molecular complexity index is 344. The molecule has 1 radical (unpaired) electrons. The molecule has 0 saturated carbocycles. The number of carbonyl (C=O) groups is 2. The van der Waals surface area contributed by atoms with Gasteiger partial charge in [-0.15, -0.1) is 0 Å². The van der Waals surface area contributed by atoms with Crippen molar-refractivity contribution in [2.75, 3.05) is 0 Å². The minimum atomic E-state index is -0.977. The molecule has 0 aliphatic heterocycles. The van der Waals surface area contributed by atoms with E-state index in [1.54, 1.807) is 6.29 Å². The number of aliphatic carboxylic acids is 1. The fourth-order valence-electron chi connectivity index (χ4n) is 2.64. The number of nitrogens with one attached hydrogen (secondary N) is 1. The fourth-order valence-corrected chi connectivity index (χ4v) is 2.64. The molecule has 24 heavy (non-hydrogen) atoms. The van der Waals surface area contributed by atoms with Crippen molar-refractivity contribution in [1.29, 1.82) is 0 Å². The molecule has 0 aromatic heterocycles. The molecule has 0 spiro atoms. The van der Waals surface area contributed by atoms with Crippen molar-refractivity contribution in [3.8, 4) is 0 Å². The van der Waals surface area contributed by atoms with Gasteiger partial charge in [-0.2, -0.15) is 0 Å². The first-order valence-electron chi connectivity index (χ1n) is 9.49. The standard InChI is InChI=1S/C19H34NO4/c1-2-3-4-5-6-7-8-9-10-11-12-13-18(22)20-17(16-21)14-15-19(23)24/h17H,2-15H2,1H3,(H,20,22)(H,23,24). The molecule has 0 aliphatic carbocycles. The molecule has 5 heteroatoms.